The van der Waals surface area contributed by atoms with E-state index in [1.54, 1.807) is 17.0 Å². The second kappa shape index (κ2) is 15.4. The van der Waals surface area contributed by atoms with Crippen molar-refractivity contribution < 1.29 is 18.0 Å². The molecule has 1 N–H and O–H groups in total. The Balaban J connectivity index is 1.85. The second-order valence-electron chi connectivity index (χ2n) is 10.5. The van der Waals surface area contributed by atoms with Gasteiger partial charge in [-0.2, -0.15) is 0 Å². The normalized spacial score (nSPS) is 12.0. The number of benzene rings is 3. The molecule has 0 saturated heterocycles. The van der Waals surface area contributed by atoms with Crippen molar-refractivity contribution >= 4 is 27.5 Å². The zero-order valence-corrected chi connectivity index (χ0v) is 25.5. The molecule has 220 valence electrons. The van der Waals surface area contributed by atoms with Crippen molar-refractivity contribution in [3.05, 3.63) is 101 Å². The number of amides is 2. The topological polar surface area (TPSA) is 86.8 Å². The number of nitrogens with zero attached hydrogens (tertiary/aromatic N) is 2. The molecule has 3 aromatic rings. The van der Waals surface area contributed by atoms with E-state index in [1.807, 2.05) is 87.5 Å². The van der Waals surface area contributed by atoms with Crippen LogP contribution in [0.5, 0.6) is 0 Å². The number of hydrogen-bond acceptors (Lipinski definition) is 4. The fraction of sp³-hybridized carbons (Fsp3) is 0.394. The lowest BCUT2D eigenvalue weighted by Crippen LogP contribution is -2.50. The average Bonchev–Trinajstić information content (AvgIpc) is 2.96. The summed E-state index contributed by atoms with van der Waals surface area (Å²) < 4.78 is 26.6. The number of nitrogens with one attached hydrogen (secondary N) is 1. The number of rotatable bonds is 15. The molecule has 0 heterocycles. The van der Waals surface area contributed by atoms with Crippen molar-refractivity contribution in [2.45, 2.75) is 65.5 Å². The molecule has 2 amide bonds. The first-order valence-corrected chi connectivity index (χ1v) is 16.2. The Kier molecular flexibility index (Phi) is 12.0. The van der Waals surface area contributed by atoms with Crippen LogP contribution in [0.1, 0.15) is 55.4 Å². The summed E-state index contributed by atoms with van der Waals surface area (Å²) in [6.45, 7) is 7.02. The average molecular weight is 578 g/mol. The van der Waals surface area contributed by atoms with Gasteiger partial charge in [0.15, 0.2) is 0 Å². The smallest absolute Gasteiger partial charge is 0.243 e. The highest BCUT2D eigenvalue weighted by Gasteiger charge is 2.30. The first-order chi connectivity index (χ1) is 19.6. The van der Waals surface area contributed by atoms with E-state index in [2.05, 4.69) is 5.32 Å². The van der Waals surface area contributed by atoms with Crippen LogP contribution in [0.25, 0.3) is 0 Å². The van der Waals surface area contributed by atoms with E-state index >= 15 is 0 Å². The third kappa shape index (κ3) is 9.74. The Morgan fingerprint density at radius 3 is 2.07 bits per heavy atom. The molecule has 0 spiro atoms. The quantitative estimate of drug-likeness (QED) is 0.267. The highest BCUT2D eigenvalue weighted by Crippen LogP contribution is 2.21. The van der Waals surface area contributed by atoms with Gasteiger partial charge in [-0.3, -0.25) is 13.9 Å². The molecule has 0 bridgehead atoms. The zero-order valence-electron chi connectivity index (χ0n) is 24.7. The van der Waals surface area contributed by atoms with Crippen LogP contribution in [0.15, 0.2) is 78.9 Å². The van der Waals surface area contributed by atoms with Crippen LogP contribution in [0.3, 0.4) is 0 Å². The summed E-state index contributed by atoms with van der Waals surface area (Å²) >= 11 is 0. The van der Waals surface area contributed by atoms with E-state index in [9.17, 15) is 18.0 Å². The molecule has 7 nitrogen and oxygen atoms in total. The lowest BCUT2D eigenvalue weighted by molar-refractivity contribution is -0.141. The largest absolute Gasteiger partial charge is 0.354 e. The van der Waals surface area contributed by atoms with Crippen molar-refractivity contribution in [3.63, 3.8) is 0 Å². The van der Waals surface area contributed by atoms with Gasteiger partial charge in [-0.05, 0) is 55.0 Å². The van der Waals surface area contributed by atoms with Gasteiger partial charge < -0.3 is 10.2 Å². The molecule has 3 rings (SSSR count). The molecule has 41 heavy (non-hydrogen) atoms. The van der Waals surface area contributed by atoms with Crippen LogP contribution in [-0.4, -0.2) is 50.5 Å². The van der Waals surface area contributed by atoms with Gasteiger partial charge in [-0.15, -0.1) is 0 Å². The lowest BCUT2D eigenvalue weighted by Gasteiger charge is -2.32. The van der Waals surface area contributed by atoms with E-state index in [0.717, 1.165) is 35.1 Å². The maximum atomic E-state index is 13.9. The molecule has 0 aromatic heterocycles. The summed E-state index contributed by atoms with van der Waals surface area (Å²) in [5.41, 5.74) is 4.70. The number of anilines is 1. The van der Waals surface area contributed by atoms with Gasteiger partial charge in [0, 0.05) is 32.5 Å². The van der Waals surface area contributed by atoms with E-state index in [0.29, 0.717) is 25.1 Å². The number of carbonyl (C=O) groups excluding carboxylic acids is 2. The summed E-state index contributed by atoms with van der Waals surface area (Å²) in [5.74, 6) is -0.377. The van der Waals surface area contributed by atoms with Crippen molar-refractivity contribution in [1.82, 2.24) is 10.2 Å². The Bertz CT molecular complexity index is 1360. The molecule has 0 unspecified atom stereocenters. The standard InChI is InChI=1S/C33H43N3O4S/c1-5-22-34-33(38)31(24-28-11-8-7-9-12-28)35(25-29-16-14-26(3)15-17-29)32(37)13-10-23-36(41(4,39)40)30-20-18-27(6-2)19-21-30/h7-9,11-12,14-21,31H,5-6,10,13,22-25H2,1-4H3,(H,34,38)/t31-/m0/s1. The maximum Gasteiger partial charge on any atom is 0.243 e. The minimum atomic E-state index is -3.54. The van der Waals surface area contributed by atoms with Gasteiger partial charge >= 0.3 is 0 Å². The molecule has 0 aliphatic carbocycles. The molecule has 0 fully saturated rings. The first kappa shape index (κ1) is 31.9. The van der Waals surface area contributed by atoms with E-state index in [4.69, 9.17) is 0 Å². The van der Waals surface area contributed by atoms with Crippen LogP contribution in [0, 0.1) is 6.92 Å². The predicted molar refractivity (Wildman–Crippen MR) is 166 cm³/mol. The van der Waals surface area contributed by atoms with Crippen LogP contribution in [0.4, 0.5) is 5.69 Å². The SMILES string of the molecule is CCCNC(=O)[C@H](Cc1ccccc1)N(Cc1ccc(C)cc1)C(=O)CCCN(c1ccc(CC)cc1)S(C)(=O)=O. The number of aryl methyl sites for hydroxylation is 2. The van der Waals surface area contributed by atoms with Gasteiger partial charge in [0.2, 0.25) is 21.8 Å². The van der Waals surface area contributed by atoms with E-state index in [-0.39, 0.29) is 31.3 Å². The summed E-state index contributed by atoms with van der Waals surface area (Å²) in [7, 11) is -3.54. The van der Waals surface area contributed by atoms with E-state index in [1.165, 1.54) is 10.6 Å². The van der Waals surface area contributed by atoms with Gasteiger partial charge in [0.1, 0.15) is 6.04 Å². The predicted octanol–water partition coefficient (Wildman–Crippen LogP) is 5.27. The number of sulfonamides is 1. The summed E-state index contributed by atoms with van der Waals surface area (Å²) in [6, 6.07) is 24.4. The lowest BCUT2D eigenvalue weighted by atomic mass is 10.0. The third-order valence-electron chi connectivity index (χ3n) is 7.08. The highest BCUT2D eigenvalue weighted by atomic mass is 32.2. The Morgan fingerprint density at radius 1 is 0.854 bits per heavy atom. The Morgan fingerprint density at radius 2 is 1.49 bits per heavy atom. The monoisotopic (exact) mass is 577 g/mol. The Labute approximate surface area is 245 Å². The molecule has 0 aliphatic rings. The van der Waals surface area contributed by atoms with Crippen molar-refractivity contribution in [1.29, 1.82) is 0 Å². The minimum Gasteiger partial charge on any atom is -0.354 e. The maximum absolute atomic E-state index is 13.9. The van der Waals surface area contributed by atoms with E-state index < -0.39 is 16.1 Å². The summed E-state index contributed by atoms with van der Waals surface area (Å²) in [6.07, 6.45) is 3.64. The third-order valence-corrected chi connectivity index (χ3v) is 8.27. The zero-order chi connectivity index (χ0) is 29.8. The first-order valence-electron chi connectivity index (χ1n) is 14.4. The van der Waals surface area contributed by atoms with Crippen LogP contribution < -0.4 is 9.62 Å². The molecular weight excluding hydrogens is 534 g/mol. The molecular formula is C33H43N3O4S. The summed E-state index contributed by atoms with van der Waals surface area (Å²) in [4.78, 5) is 29.0. The molecule has 8 heteroatoms. The van der Waals surface area contributed by atoms with Gasteiger partial charge in [0.25, 0.3) is 0 Å². The van der Waals surface area contributed by atoms with Crippen LogP contribution >= 0.6 is 0 Å². The molecule has 0 saturated carbocycles. The highest BCUT2D eigenvalue weighted by molar-refractivity contribution is 7.92. The number of hydrogen-bond donors (Lipinski definition) is 1. The molecule has 0 radical (unpaired) electrons. The molecule has 3 aromatic carbocycles. The summed E-state index contributed by atoms with van der Waals surface area (Å²) in [5, 5.41) is 2.99. The Hall–Kier alpha value is -3.65. The van der Waals surface area contributed by atoms with Crippen LogP contribution in [-0.2, 0) is 39.0 Å². The fourth-order valence-corrected chi connectivity index (χ4v) is 5.68. The van der Waals surface area contributed by atoms with Gasteiger partial charge in [-0.1, -0.05) is 86.1 Å². The van der Waals surface area contributed by atoms with Crippen LogP contribution in [0.2, 0.25) is 0 Å². The van der Waals surface area contributed by atoms with Crippen molar-refractivity contribution in [2.24, 2.45) is 0 Å². The minimum absolute atomic E-state index is 0.108. The second-order valence-corrected chi connectivity index (χ2v) is 12.4. The van der Waals surface area contributed by atoms with Gasteiger partial charge in [-0.25, -0.2) is 8.42 Å². The molecule has 1 atom stereocenters. The van der Waals surface area contributed by atoms with Crippen molar-refractivity contribution in [3.8, 4) is 0 Å². The van der Waals surface area contributed by atoms with Crippen molar-refractivity contribution in [2.75, 3.05) is 23.7 Å². The number of carbonyl (C=O) groups is 2. The van der Waals surface area contributed by atoms with Gasteiger partial charge in [0.05, 0.1) is 11.9 Å². The molecule has 0 aliphatic heterocycles. The fourth-order valence-electron chi connectivity index (χ4n) is 4.71.